The zero-order chi connectivity index (χ0) is 9.26. The van der Waals surface area contributed by atoms with Gasteiger partial charge in [-0.1, -0.05) is 0 Å². The van der Waals surface area contributed by atoms with Gasteiger partial charge in [-0.15, -0.1) is 11.3 Å². The molecule has 72 valence electrons. The average molecular weight is 310 g/mol. The van der Waals surface area contributed by atoms with Crippen LogP contribution in [0.25, 0.3) is 0 Å². The fourth-order valence-electron chi connectivity index (χ4n) is 1.46. The normalized spacial score (nSPS) is 29.1. The molecule has 13 heavy (non-hydrogen) atoms. The molecule has 5 heteroatoms. The summed E-state index contributed by atoms with van der Waals surface area (Å²) < 4.78 is 6.80. The first kappa shape index (κ1) is 9.82. The standard InChI is InChI=1S/C8H11IN2OS/c9-6-4-11-8(13-6)7-5(10)2-1-3-12-7/h4-5,7H,1-3,10H2. The molecule has 2 heterocycles. The van der Waals surface area contributed by atoms with Crippen LogP contribution in [-0.4, -0.2) is 17.6 Å². The maximum absolute atomic E-state index is 5.96. The number of ether oxygens (including phenoxy) is 1. The predicted molar refractivity (Wildman–Crippen MR) is 60.7 cm³/mol. The third kappa shape index (κ3) is 2.20. The van der Waals surface area contributed by atoms with Crippen molar-refractivity contribution in [2.24, 2.45) is 5.73 Å². The van der Waals surface area contributed by atoms with Crippen molar-refractivity contribution in [1.29, 1.82) is 0 Å². The van der Waals surface area contributed by atoms with Gasteiger partial charge in [0, 0.05) is 12.6 Å². The van der Waals surface area contributed by atoms with E-state index in [9.17, 15) is 0 Å². The van der Waals surface area contributed by atoms with Crippen LogP contribution in [0.3, 0.4) is 0 Å². The van der Waals surface area contributed by atoms with Gasteiger partial charge < -0.3 is 10.5 Å². The number of rotatable bonds is 1. The Labute approximate surface area is 94.8 Å². The van der Waals surface area contributed by atoms with E-state index in [4.69, 9.17) is 10.5 Å². The number of thiazole rings is 1. The Morgan fingerprint density at radius 1 is 1.69 bits per heavy atom. The van der Waals surface area contributed by atoms with Crippen LogP contribution < -0.4 is 5.73 Å². The Bertz CT molecular complexity index is 291. The van der Waals surface area contributed by atoms with Crippen LogP contribution >= 0.6 is 33.9 Å². The van der Waals surface area contributed by atoms with E-state index in [2.05, 4.69) is 27.6 Å². The van der Waals surface area contributed by atoms with Gasteiger partial charge in [0.25, 0.3) is 0 Å². The molecule has 2 unspecified atom stereocenters. The van der Waals surface area contributed by atoms with Crippen molar-refractivity contribution < 1.29 is 4.74 Å². The number of nitrogens with two attached hydrogens (primary N) is 1. The molecule has 0 amide bonds. The van der Waals surface area contributed by atoms with Crippen molar-refractivity contribution in [3.8, 4) is 0 Å². The van der Waals surface area contributed by atoms with Crippen molar-refractivity contribution in [1.82, 2.24) is 4.98 Å². The lowest BCUT2D eigenvalue weighted by Crippen LogP contribution is -2.34. The molecule has 0 saturated carbocycles. The van der Waals surface area contributed by atoms with E-state index in [1.807, 2.05) is 6.20 Å². The van der Waals surface area contributed by atoms with Crippen molar-refractivity contribution in [3.05, 3.63) is 14.1 Å². The lowest BCUT2D eigenvalue weighted by atomic mass is 10.0. The molecule has 2 rings (SSSR count). The Kier molecular flexibility index (Phi) is 3.18. The molecule has 1 aromatic rings. The second kappa shape index (κ2) is 4.20. The van der Waals surface area contributed by atoms with E-state index >= 15 is 0 Å². The van der Waals surface area contributed by atoms with Gasteiger partial charge in [0.15, 0.2) is 0 Å². The molecule has 0 aromatic carbocycles. The van der Waals surface area contributed by atoms with E-state index in [-0.39, 0.29) is 12.1 Å². The average Bonchev–Trinajstić information content (AvgIpc) is 2.53. The van der Waals surface area contributed by atoms with Crippen LogP contribution in [0.4, 0.5) is 0 Å². The Morgan fingerprint density at radius 2 is 2.54 bits per heavy atom. The summed E-state index contributed by atoms with van der Waals surface area (Å²) in [7, 11) is 0. The largest absolute Gasteiger partial charge is 0.369 e. The fourth-order valence-corrected chi connectivity index (χ4v) is 3.04. The van der Waals surface area contributed by atoms with Crippen LogP contribution in [0.1, 0.15) is 24.0 Å². The van der Waals surface area contributed by atoms with Crippen molar-refractivity contribution in [2.75, 3.05) is 6.61 Å². The molecule has 1 aromatic heterocycles. The van der Waals surface area contributed by atoms with E-state index in [0.29, 0.717) is 0 Å². The van der Waals surface area contributed by atoms with Gasteiger partial charge in [0.05, 0.1) is 9.08 Å². The quantitative estimate of drug-likeness (QED) is 0.806. The molecule has 3 nitrogen and oxygen atoms in total. The molecule has 1 aliphatic rings. The first-order valence-electron chi connectivity index (χ1n) is 4.26. The summed E-state index contributed by atoms with van der Waals surface area (Å²) in [5.41, 5.74) is 5.96. The molecule has 0 bridgehead atoms. The smallest absolute Gasteiger partial charge is 0.124 e. The molecule has 1 saturated heterocycles. The van der Waals surface area contributed by atoms with Gasteiger partial charge in [-0.25, -0.2) is 4.98 Å². The van der Waals surface area contributed by atoms with Gasteiger partial charge >= 0.3 is 0 Å². The van der Waals surface area contributed by atoms with Crippen molar-refractivity contribution >= 4 is 33.9 Å². The Balaban J connectivity index is 2.14. The van der Waals surface area contributed by atoms with Crippen LogP contribution in [0.2, 0.25) is 0 Å². The molecule has 0 aliphatic carbocycles. The van der Waals surface area contributed by atoms with E-state index in [1.165, 1.54) is 2.88 Å². The Morgan fingerprint density at radius 3 is 3.15 bits per heavy atom. The molecule has 1 aliphatic heterocycles. The molecule has 2 N–H and O–H groups in total. The van der Waals surface area contributed by atoms with E-state index in [0.717, 1.165) is 24.5 Å². The molecule has 2 atom stereocenters. The second-order valence-electron chi connectivity index (χ2n) is 3.10. The topological polar surface area (TPSA) is 48.1 Å². The van der Waals surface area contributed by atoms with Gasteiger partial charge in [0.1, 0.15) is 11.1 Å². The first-order chi connectivity index (χ1) is 6.27. The third-order valence-corrected chi connectivity index (χ3v) is 3.89. The maximum Gasteiger partial charge on any atom is 0.124 e. The number of halogens is 1. The third-order valence-electron chi connectivity index (χ3n) is 2.11. The summed E-state index contributed by atoms with van der Waals surface area (Å²) in [5, 5.41) is 1.02. The highest BCUT2D eigenvalue weighted by Gasteiger charge is 2.26. The van der Waals surface area contributed by atoms with Gasteiger partial charge in [0.2, 0.25) is 0 Å². The van der Waals surface area contributed by atoms with Crippen LogP contribution in [0.15, 0.2) is 6.20 Å². The van der Waals surface area contributed by atoms with Crippen LogP contribution in [0, 0.1) is 2.88 Å². The number of hydrogen-bond donors (Lipinski definition) is 1. The van der Waals surface area contributed by atoms with Crippen LogP contribution in [0.5, 0.6) is 0 Å². The minimum absolute atomic E-state index is 0.0299. The van der Waals surface area contributed by atoms with Gasteiger partial charge in [-0.05, 0) is 35.4 Å². The SMILES string of the molecule is NC1CCCOC1c1ncc(I)s1. The highest BCUT2D eigenvalue weighted by molar-refractivity contribution is 14.1. The number of nitrogens with zero attached hydrogens (tertiary/aromatic N) is 1. The van der Waals surface area contributed by atoms with Crippen molar-refractivity contribution in [2.45, 2.75) is 25.0 Å². The zero-order valence-corrected chi connectivity index (χ0v) is 10.0. The van der Waals surface area contributed by atoms with E-state index < -0.39 is 0 Å². The number of hydrogen-bond acceptors (Lipinski definition) is 4. The number of aromatic nitrogens is 1. The summed E-state index contributed by atoms with van der Waals surface area (Å²) in [6.07, 6.45) is 4.01. The fraction of sp³-hybridized carbons (Fsp3) is 0.625. The lowest BCUT2D eigenvalue weighted by molar-refractivity contribution is 0.0000303. The predicted octanol–water partition coefficient (Wildman–Crippen LogP) is 1.93. The summed E-state index contributed by atoms with van der Waals surface area (Å²) in [6.45, 7) is 0.814. The molecule has 1 fully saturated rings. The highest BCUT2D eigenvalue weighted by atomic mass is 127. The first-order valence-corrected chi connectivity index (χ1v) is 6.15. The molecule has 0 spiro atoms. The zero-order valence-electron chi connectivity index (χ0n) is 7.07. The summed E-state index contributed by atoms with van der Waals surface area (Å²) in [4.78, 5) is 4.30. The molecule has 0 radical (unpaired) electrons. The maximum atomic E-state index is 5.96. The van der Waals surface area contributed by atoms with E-state index in [1.54, 1.807) is 11.3 Å². The monoisotopic (exact) mass is 310 g/mol. The minimum atomic E-state index is 0.0299. The van der Waals surface area contributed by atoms with Crippen molar-refractivity contribution in [3.63, 3.8) is 0 Å². The Hall–Kier alpha value is 0.280. The lowest BCUT2D eigenvalue weighted by Gasteiger charge is -2.27. The van der Waals surface area contributed by atoms with Gasteiger partial charge in [-0.3, -0.25) is 0 Å². The highest BCUT2D eigenvalue weighted by Crippen LogP contribution is 2.30. The summed E-state index contributed by atoms with van der Waals surface area (Å²) in [5.74, 6) is 0. The van der Waals surface area contributed by atoms with Gasteiger partial charge in [-0.2, -0.15) is 0 Å². The van der Waals surface area contributed by atoms with Crippen LogP contribution in [-0.2, 0) is 4.74 Å². The second-order valence-corrected chi connectivity index (χ2v) is 6.06. The summed E-state index contributed by atoms with van der Waals surface area (Å²) in [6, 6.07) is 0.121. The molecular weight excluding hydrogens is 299 g/mol. The molecular formula is C8H11IN2OS. The summed E-state index contributed by atoms with van der Waals surface area (Å²) >= 11 is 3.93. The minimum Gasteiger partial charge on any atom is -0.369 e.